The first-order valence-electron chi connectivity index (χ1n) is 5.86. The molecular formula is C13H18O4. The molecule has 4 nitrogen and oxygen atoms in total. The van der Waals surface area contributed by atoms with Crippen LogP contribution in [0.25, 0.3) is 0 Å². The van der Waals surface area contributed by atoms with Crippen molar-refractivity contribution in [3.05, 3.63) is 12.2 Å². The van der Waals surface area contributed by atoms with E-state index in [1.165, 1.54) is 0 Å². The average Bonchev–Trinajstić information content (AvgIpc) is 2.83. The fourth-order valence-corrected chi connectivity index (χ4v) is 2.08. The highest BCUT2D eigenvalue weighted by Crippen LogP contribution is 2.22. The number of ether oxygens (including phenoxy) is 4. The van der Waals surface area contributed by atoms with Crippen molar-refractivity contribution in [3.63, 3.8) is 0 Å². The minimum Gasteiger partial charge on any atom is -0.375 e. The third-order valence-corrected chi connectivity index (χ3v) is 2.94. The standard InChI is InChI=1S/C13H18O4/c1-3-4-12-11(14-2)6-5-10(17-12)9-13-15-7-8-16-13/h1,5-6,10-13H,4,7-9H2,2H3/t10-,11-,12+/m0/s1. The van der Waals surface area contributed by atoms with Gasteiger partial charge in [-0.25, -0.2) is 0 Å². The predicted octanol–water partition coefficient (Wildman–Crippen LogP) is 1.11. The summed E-state index contributed by atoms with van der Waals surface area (Å²) in [6.45, 7) is 1.32. The number of methoxy groups -OCH3 is 1. The summed E-state index contributed by atoms with van der Waals surface area (Å²) in [7, 11) is 1.66. The highest BCUT2D eigenvalue weighted by atomic mass is 16.7. The molecule has 0 saturated carbocycles. The molecule has 0 N–H and O–H groups in total. The van der Waals surface area contributed by atoms with E-state index in [0.29, 0.717) is 26.1 Å². The van der Waals surface area contributed by atoms with E-state index in [9.17, 15) is 0 Å². The van der Waals surface area contributed by atoms with Crippen LogP contribution in [0.5, 0.6) is 0 Å². The monoisotopic (exact) mass is 238 g/mol. The van der Waals surface area contributed by atoms with Crippen LogP contribution in [0, 0.1) is 12.3 Å². The SMILES string of the molecule is C#CC[C@H]1O[C@H](CC2OCCO2)C=C[C@@H]1OC. The summed E-state index contributed by atoms with van der Waals surface area (Å²) in [4.78, 5) is 0. The van der Waals surface area contributed by atoms with Gasteiger partial charge < -0.3 is 18.9 Å². The summed E-state index contributed by atoms with van der Waals surface area (Å²) >= 11 is 0. The molecule has 0 aromatic carbocycles. The van der Waals surface area contributed by atoms with Gasteiger partial charge in [0.2, 0.25) is 0 Å². The molecule has 4 heteroatoms. The van der Waals surface area contributed by atoms with Crippen LogP contribution in [0.2, 0.25) is 0 Å². The summed E-state index contributed by atoms with van der Waals surface area (Å²) < 4.78 is 22.0. The van der Waals surface area contributed by atoms with Crippen molar-refractivity contribution in [2.24, 2.45) is 0 Å². The van der Waals surface area contributed by atoms with Gasteiger partial charge in [-0.15, -0.1) is 12.3 Å². The van der Waals surface area contributed by atoms with Gasteiger partial charge in [-0.3, -0.25) is 0 Å². The Kier molecular flexibility index (Phi) is 4.57. The summed E-state index contributed by atoms with van der Waals surface area (Å²) in [6.07, 6.45) is 10.3. The molecule has 0 aliphatic carbocycles. The quantitative estimate of drug-likeness (QED) is 0.543. The fraction of sp³-hybridized carbons (Fsp3) is 0.692. The molecular weight excluding hydrogens is 220 g/mol. The van der Waals surface area contributed by atoms with E-state index in [4.69, 9.17) is 25.4 Å². The van der Waals surface area contributed by atoms with Crippen molar-refractivity contribution >= 4 is 0 Å². The first kappa shape index (κ1) is 12.6. The van der Waals surface area contributed by atoms with Crippen LogP contribution in [0.4, 0.5) is 0 Å². The van der Waals surface area contributed by atoms with Crippen molar-refractivity contribution < 1.29 is 18.9 Å². The lowest BCUT2D eigenvalue weighted by Crippen LogP contribution is -2.37. The van der Waals surface area contributed by atoms with Gasteiger partial charge in [0.15, 0.2) is 6.29 Å². The molecule has 0 aromatic heterocycles. The van der Waals surface area contributed by atoms with Gasteiger partial charge in [0, 0.05) is 20.0 Å². The predicted molar refractivity (Wildman–Crippen MR) is 62.4 cm³/mol. The van der Waals surface area contributed by atoms with Crippen LogP contribution in [0.1, 0.15) is 12.8 Å². The molecule has 2 aliphatic rings. The van der Waals surface area contributed by atoms with E-state index < -0.39 is 0 Å². The Bertz CT molecular complexity index is 301. The Hall–Kier alpha value is -0.860. The van der Waals surface area contributed by atoms with Crippen molar-refractivity contribution in [1.29, 1.82) is 0 Å². The molecule has 1 saturated heterocycles. The topological polar surface area (TPSA) is 36.9 Å². The van der Waals surface area contributed by atoms with E-state index in [1.807, 2.05) is 12.2 Å². The van der Waals surface area contributed by atoms with Crippen LogP contribution in [-0.4, -0.2) is 44.9 Å². The Balaban J connectivity index is 1.89. The van der Waals surface area contributed by atoms with E-state index in [2.05, 4.69) is 5.92 Å². The summed E-state index contributed by atoms with van der Waals surface area (Å²) in [5.74, 6) is 2.61. The first-order valence-corrected chi connectivity index (χ1v) is 5.86. The number of hydrogen-bond donors (Lipinski definition) is 0. The number of terminal acetylenes is 1. The van der Waals surface area contributed by atoms with Crippen molar-refractivity contribution in [2.75, 3.05) is 20.3 Å². The lowest BCUT2D eigenvalue weighted by molar-refractivity contribution is -0.111. The summed E-state index contributed by atoms with van der Waals surface area (Å²) in [6, 6.07) is 0. The zero-order valence-corrected chi connectivity index (χ0v) is 10.0. The molecule has 1 fully saturated rings. The molecule has 0 aromatic rings. The van der Waals surface area contributed by atoms with Crippen molar-refractivity contribution in [1.82, 2.24) is 0 Å². The van der Waals surface area contributed by atoms with Gasteiger partial charge in [0.25, 0.3) is 0 Å². The second kappa shape index (κ2) is 6.18. The van der Waals surface area contributed by atoms with Crippen molar-refractivity contribution in [3.8, 4) is 12.3 Å². The zero-order chi connectivity index (χ0) is 12.1. The second-order valence-corrected chi connectivity index (χ2v) is 4.11. The maximum atomic E-state index is 5.88. The minimum absolute atomic E-state index is 0.0113. The largest absolute Gasteiger partial charge is 0.375 e. The Labute approximate surface area is 102 Å². The highest BCUT2D eigenvalue weighted by Gasteiger charge is 2.29. The smallest absolute Gasteiger partial charge is 0.160 e. The van der Waals surface area contributed by atoms with E-state index >= 15 is 0 Å². The van der Waals surface area contributed by atoms with Gasteiger partial charge in [0.05, 0.1) is 25.4 Å². The molecule has 0 spiro atoms. The average molecular weight is 238 g/mol. The highest BCUT2D eigenvalue weighted by molar-refractivity contribution is 5.06. The van der Waals surface area contributed by atoms with E-state index in [-0.39, 0.29) is 24.6 Å². The molecule has 0 unspecified atom stereocenters. The van der Waals surface area contributed by atoms with Crippen LogP contribution in [-0.2, 0) is 18.9 Å². The Morgan fingerprint density at radius 2 is 2.12 bits per heavy atom. The van der Waals surface area contributed by atoms with Crippen molar-refractivity contribution in [2.45, 2.75) is 37.4 Å². The second-order valence-electron chi connectivity index (χ2n) is 4.11. The summed E-state index contributed by atoms with van der Waals surface area (Å²) in [5, 5.41) is 0. The molecule has 0 amide bonds. The van der Waals surface area contributed by atoms with Crippen LogP contribution >= 0.6 is 0 Å². The molecule has 0 bridgehead atoms. The molecule has 3 atom stereocenters. The van der Waals surface area contributed by atoms with Gasteiger partial charge in [-0.05, 0) is 0 Å². The third-order valence-electron chi connectivity index (χ3n) is 2.94. The van der Waals surface area contributed by atoms with Gasteiger partial charge in [-0.2, -0.15) is 0 Å². The molecule has 2 rings (SSSR count). The lowest BCUT2D eigenvalue weighted by atomic mass is 10.0. The third kappa shape index (κ3) is 3.30. The molecule has 0 radical (unpaired) electrons. The van der Waals surface area contributed by atoms with Gasteiger partial charge >= 0.3 is 0 Å². The van der Waals surface area contributed by atoms with Crippen LogP contribution in [0.15, 0.2) is 12.2 Å². The maximum absolute atomic E-state index is 5.88. The Morgan fingerprint density at radius 3 is 2.76 bits per heavy atom. The molecule has 2 aliphatic heterocycles. The van der Waals surface area contributed by atoms with Crippen LogP contribution < -0.4 is 0 Å². The number of hydrogen-bond acceptors (Lipinski definition) is 4. The number of rotatable bonds is 4. The zero-order valence-electron chi connectivity index (χ0n) is 10.0. The van der Waals surface area contributed by atoms with E-state index in [0.717, 1.165) is 0 Å². The fourth-order valence-electron chi connectivity index (χ4n) is 2.08. The van der Waals surface area contributed by atoms with E-state index in [1.54, 1.807) is 7.11 Å². The Morgan fingerprint density at radius 1 is 1.35 bits per heavy atom. The molecule has 94 valence electrons. The summed E-state index contributed by atoms with van der Waals surface area (Å²) in [5.41, 5.74) is 0. The molecule has 17 heavy (non-hydrogen) atoms. The minimum atomic E-state index is -0.157. The van der Waals surface area contributed by atoms with Gasteiger partial charge in [0.1, 0.15) is 6.10 Å². The van der Waals surface area contributed by atoms with Gasteiger partial charge in [-0.1, -0.05) is 12.2 Å². The molecule has 2 heterocycles. The normalized spacial score (nSPS) is 33.8. The lowest BCUT2D eigenvalue weighted by Gasteiger charge is -2.31. The first-order chi connectivity index (χ1) is 8.33. The maximum Gasteiger partial charge on any atom is 0.160 e. The van der Waals surface area contributed by atoms with Crippen LogP contribution in [0.3, 0.4) is 0 Å².